The Morgan fingerprint density at radius 2 is 2.08 bits per heavy atom. The SMILES string of the molecule is CCOCC1(CCc2ccc(C)s2)CCN(Cc2cnn(C)c2)CC1. The lowest BCUT2D eigenvalue weighted by Gasteiger charge is -2.41. The van der Waals surface area contributed by atoms with E-state index >= 15 is 0 Å². The van der Waals surface area contributed by atoms with E-state index in [1.165, 1.54) is 41.0 Å². The van der Waals surface area contributed by atoms with Crippen molar-refractivity contribution in [3.05, 3.63) is 39.8 Å². The van der Waals surface area contributed by atoms with Gasteiger partial charge in [0.05, 0.1) is 12.8 Å². The number of aryl methyl sites for hydroxylation is 3. The highest BCUT2D eigenvalue weighted by atomic mass is 32.1. The molecule has 138 valence electrons. The smallest absolute Gasteiger partial charge is 0.0534 e. The Morgan fingerprint density at radius 3 is 2.68 bits per heavy atom. The van der Waals surface area contributed by atoms with Crippen molar-refractivity contribution >= 4 is 11.3 Å². The van der Waals surface area contributed by atoms with Crippen molar-refractivity contribution in [1.29, 1.82) is 0 Å². The van der Waals surface area contributed by atoms with Gasteiger partial charge >= 0.3 is 0 Å². The highest BCUT2D eigenvalue weighted by Gasteiger charge is 2.34. The highest BCUT2D eigenvalue weighted by molar-refractivity contribution is 7.11. The highest BCUT2D eigenvalue weighted by Crippen LogP contribution is 2.37. The summed E-state index contributed by atoms with van der Waals surface area (Å²) in [5.41, 5.74) is 1.66. The van der Waals surface area contributed by atoms with Crippen LogP contribution < -0.4 is 0 Å². The van der Waals surface area contributed by atoms with Crippen molar-refractivity contribution in [3.63, 3.8) is 0 Å². The normalized spacial score (nSPS) is 17.9. The molecule has 0 atom stereocenters. The van der Waals surface area contributed by atoms with Crippen molar-refractivity contribution in [1.82, 2.24) is 14.7 Å². The molecule has 1 fully saturated rings. The van der Waals surface area contributed by atoms with Gasteiger partial charge in [-0.3, -0.25) is 9.58 Å². The van der Waals surface area contributed by atoms with Gasteiger partial charge in [-0.25, -0.2) is 0 Å². The molecule has 1 saturated heterocycles. The van der Waals surface area contributed by atoms with Crippen molar-refractivity contribution in [3.8, 4) is 0 Å². The molecule has 0 aliphatic carbocycles. The van der Waals surface area contributed by atoms with Crippen LogP contribution in [0.4, 0.5) is 0 Å². The molecular weight excluding hydrogens is 330 g/mol. The first-order valence-corrected chi connectivity index (χ1v) is 10.2. The largest absolute Gasteiger partial charge is 0.381 e. The second kappa shape index (κ2) is 8.47. The number of aromatic nitrogens is 2. The van der Waals surface area contributed by atoms with Crippen LogP contribution in [0.5, 0.6) is 0 Å². The summed E-state index contributed by atoms with van der Waals surface area (Å²) in [7, 11) is 1.99. The Morgan fingerprint density at radius 1 is 1.28 bits per heavy atom. The monoisotopic (exact) mass is 361 g/mol. The van der Waals surface area contributed by atoms with Gasteiger partial charge in [0, 0.05) is 41.7 Å². The van der Waals surface area contributed by atoms with Crippen LogP contribution in [0.1, 0.15) is 41.5 Å². The minimum atomic E-state index is 0.347. The van der Waals surface area contributed by atoms with E-state index in [1.54, 1.807) is 0 Å². The molecule has 0 spiro atoms. The summed E-state index contributed by atoms with van der Waals surface area (Å²) in [5, 5.41) is 4.29. The predicted molar refractivity (Wildman–Crippen MR) is 104 cm³/mol. The molecule has 1 aliphatic heterocycles. The zero-order valence-corrected chi connectivity index (χ0v) is 16.6. The van der Waals surface area contributed by atoms with E-state index in [2.05, 4.69) is 42.2 Å². The molecular formula is C20H31N3OS. The molecule has 2 aromatic heterocycles. The van der Waals surface area contributed by atoms with Gasteiger partial charge in [-0.1, -0.05) is 0 Å². The van der Waals surface area contributed by atoms with Crippen LogP contribution in [0.15, 0.2) is 24.5 Å². The lowest BCUT2D eigenvalue weighted by molar-refractivity contribution is -0.00221. The molecule has 3 rings (SSSR count). The first kappa shape index (κ1) is 18.6. The van der Waals surface area contributed by atoms with E-state index in [4.69, 9.17) is 4.74 Å². The summed E-state index contributed by atoms with van der Waals surface area (Å²) in [5.74, 6) is 0. The molecule has 0 saturated carbocycles. The van der Waals surface area contributed by atoms with Crippen molar-refractivity contribution in [2.24, 2.45) is 12.5 Å². The Kier molecular flexibility index (Phi) is 6.31. The van der Waals surface area contributed by atoms with E-state index in [-0.39, 0.29) is 0 Å². The van der Waals surface area contributed by atoms with E-state index in [1.807, 2.05) is 29.3 Å². The summed E-state index contributed by atoms with van der Waals surface area (Å²) < 4.78 is 7.79. The Labute approximate surface area is 155 Å². The first-order chi connectivity index (χ1) is 12.1. The zero-order chi connectivity index (χ0) is 17.7. The van der Waals surface area contributed by atoms with Crippen LogP contribution in [-0.4, -0.2) is 41.0 Å². The van der Waals surface area contributed by atoms with Crippen LogP contribution in [0.25, 0.3) is 0 Å². The summed E-state index contributed by atoms with van der Waals surface area (Å²) >= 11 is 1.94. The Hall–Kier alpha value is -1.17. The molecule has 0 radical (unpaired) electrons. The molecule has 0 aromatic carbocycles. The van der Waals surface area contributed by atoms with E-state index in [9.17, 15) is 0 Å². The van der Waals surface area contributed by atoms with E-state index in [0.717, 1.165) is 32.8 Å². The molecule has 25 heavy (non-hydrogen) atoms. The quantitative estimate of drug-likeness (QED) is 0.711. The zero-order valence-electron chi connectivity index (χ0n) is 15.8. The number of thiophene rings is 1. The molecule has 0 amide bonds. The summed E-state index contributed by atoms with van der Waals surface area (Å²) in [6, 6.07) is 4.54. The van der Waals surface area contributed by atoms with Crippen LogP contribution in [0.3, 0.4) is 0 Å². The van der Waals surface area contributed by atoms with E-state index in [0.29, 0.717) is 5.41 Å². The number of likely N-dealkylation sites (tertiary alicyclic amines) is 1. The summed E-state index contributed by atoms with van der Waals surface area (Å²) in [6.45, 7) is 9.36. The third kappa shape index (κ3) is 5.16. The second-order valence-corrected chi connectivity index (χ2v) is 8.82. The van der Waals surface area contributed by atoms with Crippen LogP contribution in [-0.2, 0) is 24.8 Å². The van der Waals surface area contributed by atoms with Gasteiger partial charge in [0.2, 0.25) is 0 Å². The number of hydrogen-bond acceptors (Lipinski definition) is 4. The standard InChI is InChI=1S/C20H31N3OS/c1-4-24-16-20(8-7-19-6-5-17(2)25-19)9-11-23(12-10-20)15-18-13-21-22(3)14-18/h5-6,13-14H,4,7-12,15-16H2,1-3H3. The maximum atomic E-state index is 5.90. The fraction of sp³-hybridized carbons (Fsp3) is 0.650. The molecule has 5 heteroatoms. The number of rotatable bonds is 8. The minimum absolute atomic E-state index is 0.347. The molecule has 0 N–H and O–H groups in total. The van der Waals surface area contributed by atoms with Crippen molar-refractivity contribution < 1.29 is 4.74 Å². The second-order valence-electron chi connectivity index (χ2n) is 7.45. The summed E-state index contributed by atoms with van der Waals surface area (Å²) in [6.07, 6.45) is 9.01. The van der Waals surface area contributed by atoms with Crippen LogP contribution >= 0.6 is 11.3 Å². The average molecular weight is 362 g/mol. The third-order valence-corrected chi connectivity index (χ3v) is 6.45. The number of piperidine rings is 1. The van der Waals surface area contributed by atoms with E-state index < -0.39 is 0 Å². The van der Waals surface area contributed by atoms with Gasteiger partial charge in [-0.15, -0.1) is 11.3 Å². The lowest BCUT2D eigenvalue weighted by Crippen LogP contribution is -2.42. The molecule has 4 nitrogen and oxygen atoms in total. The molecule has 1 aliphatic rings. The molecule has 0 unspecified atom stereocenters. The van der Waals surface area contributed by atoms with Gasteiger partial charge in [0.15, 0.2) is 0 Å². The van der Waals surface area contributed by atoms with Crippen LogP contribution in [0.2, 0.25) is 0 Å². The fourth-order valence-corrected chi connectivity index (χ4v) is 4.68. The minimum Gasteiger partial charge on any atom is -0.381 e. The maximum Gasteiger partial charge on any atom is 0.0534 e. The molecule has 2 aromatic rings. The maximum absolute atomic E-state index is 5.90. The van der Waals surface area contributed by atoms with Gasteiger partial charge in [0.25, 0.3) is 0 Å². The van der Waals surface area contributed by atoms with Gasteiger partial charge in [-0.05, 0) is 70.2 Å². The Balaban J connectivity index is 1.56. The van der Waals surface area contributed by atoms with Crippen LogP contribution in [0, 0.1) is 12.3 Å². The predicted octanol–water partition coefficient (Wildman–Crippen LogP) is 4.04. The first-order valence-electron chi connectivity index (χ1n) is 9.41. The van der Waals surface area contributed by atoms with Gasteiger partial charge in [-0.2, -0.15) is 5.10 Å². The number of ether oxygens (including phenoxy) is 1. The van der Waals surface area contributed by atoms with Crippen molar-refractivity contribution in [2.45, 2.75) is 46.1 Å². The average Bonchev–Trinajstić information content (AvgIpc) is 3.21. The number of hydrogen-bond donors (Lipinski definition) is 0. The molecule has 3 heterocycles. The van der Waals surface area contributed by atoms with Crippen molar-refractivity contribution in [2.75, 3.05) is 26.3 Å². The number of nitrogens with zero attached hydrogens (tertiary/aromatic N) is 3. The van der Waals surface area contributed by atoms with Gasteiger partial charge < -0.3 is 4.74 Å². The van der Waals surface area contributed by atoms with Gasteiger partial charge in [0.1, 0.15) is 0 Å². The molecule has 0 bridgehead atoms. The lowest BCUT2D eigenvalue weighted by atomic mass is 9.75. The Bertz CT molecular complexity index is 655. The fourth-order valence-electron chi connectivity index (χ4n) is 3.79. The summed E-state index contributed by atoms with van der Waals surface area (Å²) in [4.78, 5) is 5.50. The third-order valence-electron chi connectivity index (χ3n) is 5.39. The topological polar surface area (TPSA) is 30.3 Å².